The van der Waals surface area contributed by atoms with Crippen molar-refractivity contribution in [3.8, 4) is 0 Å². The number of urea groups is 1. The number of carbonyl (C=O) groups excluding carboxylic acids is 1. The van der Waals surface area contributed by atoms with Gasteiger partial charge >= 0.3 is 6.03 Å². The maximum absolute atomic E-state index is 13.1. The Bertz CT molecular complexity index is 1160. The third-order valence-electron chi connectivity index (χ3n) is 5.33. The van der Waals surface area contributed by atoms with Crippen LogP contribution in [0.15, 0.2) is 59.3 Å². The van der Waals surface area contributed by atoms with Crippen molar-refractivity contribution in [2.45, 2.75) is 19.6 Å². The van der Waals surface area contributed by atoms with Gasteiger partial charge < -0.3 is 24.4 Å². The fourth-order valence-electron chi connectivity index (χ4n) is 3.99. The summed E-state index contributed by atoms with van der Waals surface area (Å²) in [4.78, 5) is 18.0. The van der Waals surface area contributed by atoms with Gasteiger partial charge in [0.25, 0.3) is 0 Å². The fourth-order valence-corrected chi connectivity index (χ4v) is 3.99. The highest BCUT2D eigenvalue weighted by molar-refractivity contribution is 6.01. The molecule has 0 bridgehead atoms. The number of fused-ring (bicyclic) bond motifs is 4. The van der Waals surface area contributed by atoms with Crippen LogP contribution in [0.3, 0.4) is 0 Å². The van der Waals surface area contributed by atoms with Crippen molar-refractivity contribution >= 4 is 33.6 Å². The molecule has 0 spiro atoms. The molecule has 4 aromatic rings. The van der Waals surface area contributed by atoms with Crippen LogP contribution in [0.2, 0.25) is 0 Å². The predicted octanol–water partition coefficient (Wildman–Crippen LogP) is 5.04. The number of hydrogen-bond acceptors (Lipinski definition) is 3. The van der Waals surface area contributed by atoms with Crippen LogP contribution in [0.4, 0.5) is 10.5 Å². The summed E-state index contributed by atoms with van der Waals surface area (Å²) >= 11 is 0. The molecule has 1 atom stereocenters. The van der Waals surface area contributed by atoms with Gasteiger partial charge in [0.15, 0.2) is 0 Å². The summed E-state index contributed by atoms with van der Waals surface area (Å²) in [6, 6.07) is 13.8. The minimum atomic E-state index is -0.169. The Balaban J connectivity index is 1.47. The van der Waals surface area contributed by atoms with Gasteiger partial charge in [-0.15, -0.1) is 0 Å². The standard InChI is InChI=1S/C22H21N3O3/c1-2-27-20-13-25(12-17-15(20)8-7-14-9-10-28-21(14)17)22(26)24-19-11-23-18-6-4-3-5-16(18)19/h3-11,20,23H,2,12-13H2,1H3,(H,24,26). The number of para-hydroxylation sites is 1. The van der Waals surface area contributed by atoms with Crippen LogP contribution < -0.4 is 5.32 Å². The third-order valence-corrected chi connectivity index (χ3v) is 5.33. The lowest BCUT2D eigenvalue weighted by atomic mass is 9.95. The quantitative estimate of drug-likeness (QED) is 0.527. The molecule has 0 radical (unpaired) electrons. The van der Waals surface area contributed by atoms with Crippen molar-refractivity contribution in [1.82, 2.24) is 9.88 Å². The molecule has 0 fully saturated rings. The van der Waals surface area contributed by atoms with E-state index in [-0.39, 0.29) is 12.1 Å². The number of nitrogens with zero attached hydrogens (tertiary/aromatic N) is 1. The average Bonchev–Trinajstić information content (AvgIpc) is 3.35. The van der Waals surface area contributed by atoms with Crippen molar-refractivity contribution in [3.63, 3.8) is 0 Å². The Labute approximate surface area is 162 Å². The molecule has 3 heterocycles. The molecule has 142 valence electrons. The van der Waals surface area contributed by atoms with Gasteiger partial charge in [0, 0.05) is 34.7 Å². The van der Waals surface area contributed by atoms with E-state index < -0.39 is 0 Å². The summed E-state index contributed by atoms with van der Waals surface area (Å²) in [7, 11) is 0. The fraction of sp³-hybridized carbons (Fsp3) is 0.227. The summed E-state index contributed by atoms with van der Waals surface area (Å²) in [5, 5.41) is 5.06. The van der Waals surface area contributed by atoms with Crippen molar-refractivity contribution in [3.05, 3.63) is 66.1 Å². The second kappa shape index (κ2) is 6.73. The molecule has 5 rings (SSSR count). The van der Waals surface area contributed by atoms with E-state index in [1.54, 1.807) is 11.2 Å². The number of benzene rings is 2. The van der Waals surface area contributed by atoms with Crippen LogP contribution in [-0.4, -0.2) is 29.1 Å². The van der Waals surface area contributed by atoms with E-state index >= 15 is 0 Å². The molecule has 2 amide bonds. The maximum Gasteiger partial charge on any atom is 0.322 e. The van der Waals surface area contributed by atoms with E-state index in [2.05, 4.69) is 16.4 Å². The van der Waals surface area contributed by atoms with E-state index in [0.717, 1.165) is 38.7 Å². The maximum atomic E-state index is 13.1. The Kier molecular flexibility index (Phi) is 4.06. The Hall–Kier alpha value is -3.25. The number of hydrogen-bond donors (Lipinski definition) is 2. The molecule has 1 aliphatic heterocycles. The molecule has 2 N–H and O–H groups in total. The molecule has 1 unspecified atom stereocenters. The van der Waals surface area contributed by atoms with E-state index in [1.807, 2.05) is 49.5 Å². The van der Waals surface area contributed by atoms with E-state index in [1.165, 1.54) is 0 Å². The van der Waals surface area contributed by atoms with Crippen LogP contribution in [0, 0.1) is 0 Å². The van der Waals surface area contributed by atoms with Crippen LogP contribution in [0.1, 0.15) is 24.2 Å². The Morgan fingerprint density at radius 3 is 3.07 bits per heavy atom. The number of carbonyl (C=O) groups is 1. The van der Waals surface area contributed by atoms with E-state index in [0.29, 0.717) is 19.7 Å². The second-order valence-electron chi connectivity index (χ2n) is 6.97. The highest BCUT2D eigenvalue weighted by atomic mass is 16.5. The van der Waals surface area contributed by atoms with Gasteiger partial charge in [0.2, 0.25) is 0 Å². The van der Waals surface area contributed by atoms with Crippen molar-refractivity contribution in [1.29, 1.82) is 0 Å². The zero-order valence-corrected chi connectivity index (χ0v) is 15.6. The topological polar surface area (TPSA) is 70.5 Å². The highest BCUT2D eigenvalue weighted by Crippen LogP contribution is 2.35. The normalized spacial score (nSPS) is 16.5. The summed E-state index contributed by atoms with van der Waals surface area (Å²) in [5.41, 5.74) is 4.70. The van der Waals surface area contributed by atoms with E-state index in [9.17, 15) is 4.79 Å². The zero-order chi connectivity index (χ0) is 19.1. The Morgan fingerprint density at radius 1 is 1.29 bits per heavy atom. The largest absolute Gasteiger partial charge is 0.464 e. The number of ether oxygens (including phenoxy) is 1. The summed E-state index contributed by atoms with van der Waals surface area (Å²) < 4.78 is 11.7. The molecule has 0 saturated carbocycles. The van der Waals surface area contributed by atoms with Crippen LogP contribution in [-0.2, 0) is 11.3 Å². The van der Waals surface area contributed by atoms with Crippen molar-refractivity contribution in [2.24, 2.45) is 0 Å². The monoisotopic (exact) mass is 375 g/mol. The van der Waals surface area contributed by atoms with Gasteiger partial charge in [-0.3, -0.25) is 0 Å². The van der Waals surface area contributed by atoms with Crippen molar-refractivity contribution in [2.75, 3.05) is 18.5 Å². The molecule has 6 nitrogen and oxygen atoms in total. The number of anilines is 1. The lowest BCUT2D eigenvalue weighted by molar-refractivity contribution is 0.0314. The number of aromatic amines is 1. The molecule has 6 heteroatoms. The van der Waals surface area contributed by atoms with Crippen molar-refractivity contribution < 1.29 is 13.9 Å². The second-order valence-corrected chi connectivity index (χ2v) is 6.97. The van der Waals surface area contributed by atoms with Gasteiger partial charge in [0.05, 0.1) is 25.0 Å². The van der Waals surface area contributed by atoms with Gasteiger partial charge in [-0.2, -0.15) is 0 Å². The van der Waals surface area contributed by atoms with Crippen LogP contribution >= 0.6 is 0 Å². The van der Waals surface area contributed by atoms with E-state index in [4.69, 9.17) is 9.15 Å². The molecule has 1 aliphatic rings. The SMILES string of the molecule is CCOC1CN(C(=O)Nc2c[nH]c3ccccc23)Cc2c1ccc1ccoc21. The van der Waals surface area contributed by atoms with Gasteiger partial charge in [0.1, 0.15) is 11.7 Å². The van der Waals surface area contributed by atoms with Gasteiger partial charge in [-0.1, -0.05) is 30.3 Å². The average molecular weight is 375 g/mol. The minimum Gasteiger partial charge on any atom is -0.464 e. The lowest BCUT2D eigenvalue weighted by Crippen LogP contribution is -2.41. The summed E-state index contributed by atoms with van der Waals surface area (Å²) in [6.07, 6.45) is 3.34. The number of aromatic nitrogens is 1. The zero-order valence-electron chi connectivity index (χ0n) is 15.6. The molecule has 0 saturated heterocycles. The number of H-pyrrole nitrogens is 1. The molecular formula is C22H21N3O3. The first kappa shape index (κ1) is 16.9. The highest BCUT2D eigenvalue weighted by Gasteiger charge is 2.31. The predicted molar refractivity (Wildman–Crippen MR) is 108 cm³/mol. The van der Waals surface area contributed by atoms with Gasteiger partial charge in [-0.25, -0.2) is 4.79 Å². The van der Waals surface area contributed by atoms with Gasteiger partial charge in [-0.05, 0) is 24.6 Å². The molecular weight excluding hydrogens is 354 g/mol. The number of nitrogens with one attached hydrogen (secondary N) is 2. The summed E-state index contributed by atoms with van der Waals surface area (Å²) in [5.74, 6) is 0. The molecule has 2 aromatic carbocycles. The first-order valence-corrected chi connectivity index (χ1v) is 9.47. The third kappa shape index (κ3) is 2.73. The first-order chi connectivity index (χ1) is 13.7. The molecule has 2 aromatic heterocycles. The molecule has 0 aliphatic carbocycles. The van der Waals surface area contributed by atoms with Crippen LogP contribution in [0.5, 0.6) is 0 Å². The summed E-state index contributed by atoms with van der Waals surface area (Å²) in [6.45, 7) is 3.54. The number of rotatable bonds is 3. The minimum absolute atomic E-state index is 0.149. The Morgan fingerprint density at radius 2 is 2.18 bits per heavy atom. The smallest absolute Gasteiger partial charge is 0.322 e. The van der Waals surface area contributed by atoms with Crippen LogP contribution in [0.25, 0.3) is 21.9 Å². The lowest BCUT2D eigenvalue weighted by Gasteiger charge is -2.34. The molecule has 28 heavy (non-hydrogen) atoms. The number of furan rings is 1. The first-order valence-electron chi connectivity index (χ1n) is 9.47. The number of amides is 2.